The molecule has 5 heteroatoms. The first kappa shape index (κ1) is 35.7. The van der Waals surface area contributed by atoms with E-state index in [0.29, 0.717) is 0 Å². The fraction of sp³-hybridized carbons (Fsp3) is 0.600. The largest absolute Gasteiger partial charge is 0.386 e. The molecule has 0 rings (SSSR count). The third kappa shape index (κ3) is 81.6. The smallest absolute Gasteiger partial charge is 0.0769 e. The van der Waals surface area contributed by atoms with Crippen molar-refractivity contribution >= 4 is 0 Å². The zero-order valence-electron chi connectivity index (χ0n) is 17.4. The Hall–Kier alpha value is -0.317. The number of aliphatic hydroxyl groups is 4. The second kappa shape index (κ2) is 15.9. The minimum atomic E-state index is -0.694. The third-order valence-electron chi connectivity index (χ3n) is 2.00. The second-order valence-electron chi connectivity index (χ2n) is 7.43. The van der Waals surface area contributed by atoms with Crippen molar-refractivity contribution in [1.82, 2.24) is 0 Å². The third-order valence-corrected chi connectivity index (χ3v) is 2.00. The van der Waals surface area contributed by atoms with E-state index in [1.807, 2.05) is 0 Å². The van der Waals surface area contributed by atoms with Crippen molar-refractivity contribution in [2.75, 3.05) is 0 Å². The first-order valence-corrected chi connectivity index (χ1v) is 7.68. The van der Waals surface area contributed by atoms with Crippen LogP contribution in [-0.4, -0.2) is 42.8 Å². The van der Waals surface area contributed by atoms with Crippen LogP contribution < -0.4 is 0 Å². The van der Waals surface area contributed by atoms with Gasteiger partial charge in [0, 0.05) is 26.2 Å². The molecule has 0 radical (unpaired) electrons. The van der Waals surface area contributed by atoms with Crippen LogP contribution in [0.3, 0.4) is 0 Å². The van der Waals surface area contributed by atoms with Gasteiger partial charge in [-0.2, -0.15) is 0 Å². The van der Waals surface area contributed by atoms with Crippen LogP contribution in [0.5, 0.6) is 0 Å². The van der Waals surface area contributed by atoms with Gasteiger partial charge in [-0.25, -0.2) is 0 Å². The summed E-state index contributed by atoms with van der Waals surface area (Å²) in [5.41, 5.74) is -2.78. The summed E-state index contributed by atoms with van der Waals surface area (Å²) in [7, 11) is 0. The Balaban J connectivity index is -0.0000000702. The van der Waals surface area contributed by atoms with Crippen molar-refractivity contribution in [1.29, 1.82) is 0 Å². The Morgan fingerprint density at radius 3 is 0.480 bits per heavy atom. The molecule has 0 aromatic heterocycles. The first-order valence-electron chi connectivity index (χ1n) is 7.68. The molecular formula is C20H40O4Zr. The summed E-state index contributed by atoms with van der Waals surface area (Å²) in [6, 6.07) is 0. The van der Waals surface area contributed by atoms with E-state index < -0.39 is 22.4 Å². The molecule has 0 aromatic carbocycles. The average Bonchev–Trinajstić information content (AvgIpc) is 2.37. The molecule has 0 heterocycles. The van der Waals surface area contributed by atoms with Crippen LogP contribution in [0.1, 0.15) is 55.4 Å². The van der Waals surface area contributed by atoms with Crippen molar-refractivity contribution in [2.24, 2.45) is 0 Å². The summed E-state index contributed by atoms with van der Waals surface area (Å²) in [4.78, 5) is 0. The second-order valence-corrected chi connectivity index (χ2v) is 7.43. The van der Waals surface area contributed by atoms with Gasteiger partial charge >= 0.3 is 0 Å². The molecule has 4 nitrogen and oxygen atoms in total. The van der Waals surface area contributed by atoms with Crippen LogP contribution in [0.4, 0.5) is 0 Å². The maximum Gasteiger partial charge on any atom is 0.0769 e. The van der Waals surface area contributed by atoms with Gasteiger partial charge < -0.3 is 20.4 Å². The van der Waals surface area contributed by atoms with Crippen LogP contribution in [0, 0.1) is 0 Å². The summed E-state index contributed by atoms with van der Waals surface area (Å²) in [6.45, 7) is 27.0. The molecule has 4 N–H and O–H groups in total. The zero-order valence-corrected chi connectivity index (χ0v) is 19.9. The van der Waals surface area contributed by atoms with Crippen molar-refractivity contribution in [3.8, 4) is 0 Å². The monoisotopic (exact) mass is 434 g/mol. The summed E-state index contributed by atoms with van der Waals surface area (Å²) in [5.74, 6) is 0. The molecule has 0 atom stereocenters. The van der Waals surface area contributed by atoms with Crippen molar-refractivity contribution in [3.63, 3.8) is 0 Å². The molecule has 148 valence electrons. The van der Waals surface area contributed by atoms with E-state index in [1.165, 1.54) is 24.3 Å². The predicted molar refractivity (Wildman–Crippen MR) is 106 cm³/mol. The SMILES string of the molecule is C=CC(C)(C)O.C=CC(C)(C)O.C=CC(C)(C)O.C=CC(C)(C)O.[Zr]. The molecule has 0 fully saturated rings. The molecular weight excluding hydrogens is 395 g/mol. The van der Waals surface area contributed by atoms with E-state index in [9.17, 15) is 0 Å². The number of hydrogen-bond acceptors (Lipinski definition) is 4. The Morgan fingerprint density at radius 2 is 0.480 bits per heavy atom. The van der Waals surface area contributed by atoms with E-state index in [2.05, 4.69) is 26.3 Å². The van der Waals surface area contributed by atoms with Gasteiger partial charge in [0.25, 0.3) is 0 Å². The van der Waals surface area contributed by atoms with Crippen LogP contribution in [-0.2, 0) is 26.2 Å². The van der Waals surface area contributed by atoms with Gasteiger partial charge in [0.15, 0.2) is 0 Å². The Kier molecular flexibility index (Phi) is 22.7. The molecule has 0 amide bonds. The standard InChI is InChI=1S/4C5H10O.Zr/c4*1-4-5(2,3)6;/h4*4,6H,1H2,2-3H3;. The van der Waals surface area contributed by atoms with Gasteiger partial charge in [0.2, 0.25) is 0 Å². The topological polar surface area (TPSA) is 80.9 Å². The van der Waals surface area contributed by atoms with Crippen LogP contribution in [0.15, 0.2) is 50.6 Å². The predicted octanol–water partition coefficient (Wildman–Crippen LogP) is 3.77. The van der Waals surface area contributed by atoms with Crippen molar-refractivity contribution < 1.29 is 46.6 Å². The molecule has 0 aliphatic carbocycles. The minimum absolute atomic E-state index is 0. The number of hydrogen-bond donors (Lipinski definition) is 4. The molecule has 0 aliphatic heterocycles. The summed E-state index contributed by atoms with van der Waals surface area (Å²) < 4.78 is 0. The van der Waals surface area contributed by atoms with Crippen LogP contribution >= 0.6 is 0 Å². The molecule has 0 aromatic rings. The molecule has 0 aliphatic rings. The van der Waals surface area contributed by atoms with E-state index in [4.69, 9.17) is 20.4 Å². The molecule has 25 heavy (non-hydrogen) atoms. The fourth-order valence-electron chi connectivity index (χ4n) is 0. The first-order chi connectivity index (χ1) is 10.2. The van der Waals surface area contributed by atoms with E-state index in [-0.39, 0.29) is 26.2 Å². The van der Waals surface area contributed by atoms with Crippen molar-refractivity contribution in [3.05, 3.63) is 50.6 Å². The van der Waals surface area contributed by atoms with Gasteiger partial charge in [-0.3, -0.25) is 0 Å². The molecule has 0 unspecified atom stereocenters. The van der Waals surface area contributed by atoms with E-state index in [1.54, 1.807) is 55.4 Å². The molecule has 0 saturated carbocycles. The fourth-order valence-corrected chi connectivity index (χ4v) is 0. The summed E-state index contributed by atoms with van der Waals surface area (Å²) in [5, 5.41) is 34.8. The minimum Gasteiger partial charge on any atom is -0.386 e. The van der Waals surface area contributed by atoms with Gasteiger partial charge in [0.1, 0.15) is 0 Å². The van der Waals surface area contributed by atoms with Crippen LogP contribution in [0.2, 0.25) is 0 Å². The Bertz CT molecular complexity index is 276. The van der Waals surface area contributed by atoms with Gasteiger partial charge in [-0.05, 0) is 55.4 Å². The quantitative estimate of drug-likeness (QED) is 0.507. The Morgan fingerprint density at radius 1 is 0.440 bits per heavy atom. The molecule has 0 spiro atoms. The van der Waals surface area contributed by atoms with E-state index >= 15 is 0 Å². The summed E-state index contributed by atoms with van der Waals surface area (Å²) >= 11 is 0. The molecule has 0 saturated heterocycles. The number of rotatable bonds is 4. The van der Waals surface area contributed by atoms with Crippen molar-refractivity contribution in [2.45, 2.75) is 77.8 Å². The maximum absolute atomic E-state index is 8.71. The Labute approximate surface area is 174 Å². The normalized spacial score (nSPS) is 10.7. The average molecular weight is 436 g/mol. The zero-order chi connectivity index (χ0) is 20.8. The maximum atomic E-state index is 8.71. The summed E-state index contributed by atoms with van der Waals surface area (Å²) in [6.07, 6.45) is 5.97. The molecule has 0 bridgehead atoms. The van der Waals surface area contributed by atoms with Gasteiger partial charge in [0.05, 0.1) is 22.4 Å². The van der Waals surface area contributed by atoms with E-state index in [0.717, 1.165) is 0 Å². The van der Waals surface area contributed by atoms with Crippen LogP contribution in [0.25, 0.3) is 0 Å². The van der Waals surface area contributed by atoms with Gasteiger partial charge in [-0.15, -0.1) is 26.3 Å². The van der Waals surface area contributed by atoms with Gasteiger partial charge in [-0.1, -0.05) is 24.3 Å².